The van der Waals surface area contributed by atoms with Crippen molar-refractivity contribution in [2.45, 2.75) is 32.7 Å². The number of imidazole rings is 1. The van der Waals surface area contributed by atoms with E-state index in [4.69, 9.17) is 5.26 Å². The molecule has 0 aliphatic heterocycles. The lowest BCUT2D eigenvalue weighted by Crippen LogP contribution is -2.00. The average Bonchev–Trinajstić information content (AvgIpc) is 2.61. The molecule has 1 heterocycles. The molecule has 0 saturated heterocycles. The summed E-state index contributed by atoms with van der Waals surface area (Å²) in [7, 11) is 0. The van der Waals surface area contributed by atoms with Crippen molar-refractivity contribution in [1.82, 2.24) is 9.55 Å². The molecule has 0 amide bonds. The van der Waals surface area contributed by atoms with Gasteiger partial charge in [0.15, 0.2) is 0 Å². The molecule has 0 spiro atoms. The predicted octanol–water partition coefficient (Wildman–Crippen LogP) is 3.04. The number of fused-ring (bicyclic) bond motifs is 1. The Morgan fingerprint density at radius 2 is 2.12 bits per heavy atom. The average molecular weight is 213 g/mol. The summed E-state index contributed by atoms with van der Waals surface area (Å²) in [6.45, 7) is 2.98. The van der Waals surface area contributed by atoms with Gasteiger partial charge in [0.2, 0.25) is 0 Å². The standard InChI is InChI=1S/C13H15N3/c1-11-15-12-7-3-4-8-13(12)16(11)10-6-2-5-9-14/h3-4,7-8H,2,5-6,10H2,1H3. The normalized spacial score (nSPS) is 10.5. The first kappa shape index (κ1) is 10.7. The van der Waals surface area contributed by atoms with Gasteiger partial charge in [0, 0.05) is 13.0 Å². The summed E-state index contributed by atoms with van der Waals surface area (Å²) in [6, 6.07) is 10.4. The highest BCUT2D eigenvalue weighted by molar-refractivity contribution is 5.75. The zero-order valence-electron chi connectivity index (χ0n) is 9.48. The van der Waals surface area contributed by atoms with Crippen molar-refractivity contribution in [3.63, 3.8) is 0 Å². The van der Waals surface area contributed by atoms with Crippen molar-refractivity contribution >= 4 is 11.0 Å². The Balaban J connectivity index is 2.17. The number of aromatic nitrogens is 2. The Hall–Kier alpha value is -1.82. The van der Waals surface area contributed by atoms with Crippen molar-refractivity contribution in [1.29, 1.82) is 5.26 Å². The molecule has 0 bridgehead atoms. The van der Waals surface area contributed by atoms with Crippen LogP contribution in [0, 0.1) is 18.3 Å². The molecular formula is C13H15N3. The van der Waals surface area contributed by atoms with Gasteiger partial charge in [0.1, 0.15) is 5.82 Å². The molecule has 0 fully saturated rings. The van der Waals surface area contributed by atoms with E-state index < -0.39 is 0 Å². The van der Waals surface area contributed by atoms with Crippen LogP contribution in [0.3, 0.4) is 0 Å². The lowest BCUT2D eigenvalue weighted by molar-refractivity contribution is 0.615. The van der Waals surface area contributed by atoms with Gasteiger partial charge in [-0.25, -0.2) is 4.98 Å². The maximum Gasteiger partial charge on any atom is 0.106 e. The van der Waals surface area contributed by atoms with Crippen LogP contribution < -0.4 is 0 Å². The summed E-state index contributed by atoms with van der Waals surface area (Å²) in [5, 5.41) is 8.48. The van der Waals surface area contributed by atoms with Crippen molar-refractivity contribution < 1.29 is 0 Å². The molecule has 3 nitrogen and oxygen atoms in total. The third kappa shape index (κ3) is 2.06. The van der Waals surface area contributed by atoms with Gasteiger partial charge in [0.25, 0.3) is 0 Å². The van der Waals surface area contributed by atoms with Crippen LogP contribution in [0.5, 0.6) is 0 Å². The summed E-state index contributed by atoms with van der Waals surface area (Å²) >= 11 is 0. The molecule has 2 rings (SSSR count). The maximum atomic E-state index is 8.48. The lowest BCUT2D eigenvalue weighted by Gasteiger charge is -2.05. The van der Waals surface area contributed by atoms with E-state index >= 15 is 0 Å². The molecule has 0 aliphatic carbocycles. The molecular weight excluding hydrogens is 198 g/mol. The molecule has 82 valence electrons. The monoisotopic (exact) mass is 213 g/mol. The molecule has 0 radical (unpaired) electrons. The molecule has 2 aromatic rings. The van der Waals surface area contributed by atoms with E-state index in [2.05, 4.69) is 21.7 Å². The van der Waals surface area contributed by atoms with Crippen LogP contribution in [0.2, 0.25) is 0 Å². The largest absolute Gasteiger partial charge is 0.328 e. The molecule has 0 aliphatic rings. The van der Waals surface area contributed by atoms with E-state index in [0.717, 1.165) is 30.7 Å². The number of hydrogen-bond donors (Lipinski definition) is 0. The molecule has 3 heteroatoms. The highest BCUT2D eigenvalue weighted by Gasteiger charge is 2.05. The maximum absolute atomic E-state index is 8.48. The highest BCUT2D eigenvalue weighted by atomic mass is 15.1. The van der Waals surface area contributed by atoms with Crippen LogP contribution in [0.1, 0.15) is 25.1 Å². The minimum atomic E-state index is 0.645. The Kier molecular flexibility index (Phi) is 3.21. The third-order valence-electron chi connectivity index (χ3n) is 2.77. The zero-order chi connectivity index (χ0) is 11.4. The van der Waals surface area contributed by atoms with Gasteiger partial charge in [-0.3, -0.25) is 0 Å². The Morgan fingerprint density at radius 3 is 2.94 bits per heavy atom. The lowest BCUT2D eigenvalue weighted by atomic mass is 10.2. The van der Waals surface area contributed by atoms with Crippen molar-refractivity contribution in [2.75, 3.05) is 0 Å². The van der Waals surface area contributed by atoms with E-state index in [1.165, 1.54) is 5.52 Å². The van der Waals surface area contributed by atoms with E-state index in [1.807, 2.05) is 25.1 Å². The topological polar surface area (TPSA) is 41.6 Å². The Morgan fingerprint density at radius 1 is 1.31 bits per heavy atom. The van der Waals surface area contributed by atoms with Crippen molar-refractivity contribution in [2.24, 2.45) is 0 Å². The predicted molar refractivity (Wildman–Crippen MR) is 63.9 cm³/mol. The van der Waals surface area contributed by atoms with E-state index in [-0.39, 0.29) is 0 Å². The summed E-state index contributed by atoms with van der Waals surface area (Å²) in [4.78, 5) is 4.51. The van der Waals surface area contributed by atoms with Gasteiger partial charge >= 0.3 is 0 Å². The van der Waals surface area contributed by atoms with Gasteiger partial charge in [-0.05, 0) is 31.9 Å². The van der Waals surface area contributed by atoms with Crippen LogP contribution >= 0.6 is 0 Å². The van der Waals surface area contributed by atoms with Crippen LogP contribution in [0.4, 0.5) is 0 Å². The molecule has 0 saturated carbocycles. The first-order valence-electron chi connectivity index (χ1n) is 5.62. The summed E-state index contributed by atoms with van der Waals surface area (Å²) in [5.41, 5.74) is 2.25. The molecule has 0 N–H and O–H groups in total. The fourth-order valence-corrected chi connectivity index (χ4v) is 1.95. The first-order valence-corrected chi connectivity index (χ1v) is 5.62. The number of benzene rings is 1. The highest BCUT2D eigenvalue weighted by Crippen LogP contribution is 2.16. The third-order valence-corrected chi connectivity index (χ3v) is 2.77. The number of unbranched alkanes of at least 4 members (excludes halogenated alkanes) is 2. The minimum absolute atomic E-state index is 0.645. The molecule has 1 aromatic carbocycles. The van der Waals surface area contributed by atoms with Crippen LogP contribution in [-0.2, 0) is 6.54 Å². The number of hydrogen-bond acceptors (Lipinski definition) is 2. The van der Waals surface area contributed by atoms with Gasteiger partial charge in [-0.1, -0.05) is 12.1 Å². The minimum Gasteiger partial charge on any atom is -0.328 e. The first-order chi connectivity index (χ1) is 7.83. The Labute approximate surface area is 95.3 Å². The number of rotatable bonds is 4. The number of para-hydroxylation sites is 2. The Bertz CT molecular complexity index is 519. The molecule has 0 unspecified atom stereocenters. The van der Waals surface area contributed by atoms with Crippen molar-refractivity contribution in [3.8, 4) is 6.07 Å². The molecule has 16 heavy (non-hydrogen) atoms. The van der Waals surface area contributed by atoms with Gasteiger partial charge in [-0.15, -0.1) is 0 Å². The number of nitriles is 1. The van der Waals surface area contributed by atoms with Gasteiger partial charge in [0.05, 0.1) is 17.1 Å². The fraction of sp³-hybridized carbons (Fsp3) is 0.385. The van der Waals surface area contributed by atoms with Crippen LogP contribution in [-0.4, -0.2) is 9.55 Å². The summed E-state index contributed by atoms with van der Waals surface area (Å²) in [6.07, 6.45) is 2.64. The summed E-state index contributed by atoms with van der Waals surface area (Å²) in [5.74, 6) is 1.05. The van der Waals surface area contributed by atoms with Crippen LogP contribution in [0.25, 0.3) is 11.0 Å². The second-order valence-corrected chi connectivity index (χ2v) is 3.91. The zero-order valence-corrected chi connectivity index (χ0v) is 9.48. The van der Waals surface area contributed by atoms with Crippen molar-refractivity contribution in [3.05, 3.63) is 30.1 Å². The SMILES string of the molecule is Cc1nc2ccccc2n1CCCCC#N. The second kappa shape index (κ2) is 4.80. The van der Waals surface area contributed by atoms with Gasteiger partial charge in [-0.2, -0.15) is 5.26 Å². The number of nitrogens with zero attached hydrogens (tertiary/aromatic N) is 3. The molecule has 0 atom stereocenters. The van der Waals surface area contributed by atoms with E-state index in [0.29, 0.717) is 6.42 Å². The van der Waals surface area contributed by atoms with E-state index in [9.17, 15) is 0 Å². The van der Waals surface area contributed by atoms with Gasteiger partial charge < -0.3 is 4.57 Å². The van der Waals surface area contributed by atoms with Crippen LogP contribution in [0.15, 0.2) is 24.3 Å². The second-order valence-electron chi connectivity index (χ2n) is 3.91. The van der Waals surface area contributed by atoms with E-state index in [1.54, 1.807) is 0 Å². The number of aryl methyl sites for hydroxylation is 2. The quantitative estimate of drug-likeness (QED) is 0.732. The smallest absolute Gasteiger partial charge is 0.106 e. The molecule has 1 aromatic heterocycles. The fourth-order valence-electron chi connectivity index (χ4n) is 1.95. The summed E-state index contributed by atoms with van der Waals surface area (Å²) < 4.78 is 2.23.